The zero-order chi connectivity index (χ0) is 18.3. The van der Waals surface area contributed by atoms with Crippen molar-refractivity contribution in [2.75, 3.05) is 13.2 Å². The summed E-state index contributed by atoms with van der Waals surface area (Å²) in [6.07, 6.45) is 0.892. The first kappa shape index (κ1) is 16.7. The Bertz CT molecular complexity index is 960. The number of amides is 1. The van der Waals surface area contributed by atoms with Gasteiger partial charge in [-0.2, -0.15) is 20.5 Å². The molecule has 0 bridgehead atoms. The van der Waals surface area contributed by atoms with E-state index in [4.69, 9.17) is 4.74 Å². The van der Waals surface area contributed by atoms with E-state index in [-0.39, 0.29) is 17.9 Å². The number of aryl methyl sites for hydroxylation is 2. The number of hydrogen-bond donors (Lipinski definition) is 2. The molecule has 2 aromatic heterocycles. The first-order chi connectivity index (χ1) is 12.5. The lowest BCUT2D eigenvalue weighted by atomic mass is 9.94. The molecule has 1 fully saturated rings. The summed E-state index contributed by atoms with van der Waals surface area (Å²) in [4.78, 5) is 12.5. The average Bonchev–Trinajstić information content (AvgIpc) is 3.32. The smallest absolute Gasteiger partial charge is 0.251 e. The summed E-state index contributed by atoms with van der Waals surface area (Å²) >= 11 is 0. The van der Waals surface area contributed by atoms with E-state index in [1.54, 1.807) is 18.2 Å². The van der Waals surface area contributed by atoms with Crippen molar-refractivity contribution in [1.29, 1.82) is 0 Å². The van der Waals surface area contributed by atoms with E-state index in [2.05, 4.69) is 32.7 Å². The van der Waals surface area contributed by atoms with Gasteiger partial charge in [0.1, 0.15) is 11.0 Å². The van der Waals surface area contributed by atoms with Crippen molar-refractivity contribution < 1.29 is 9.53 Å². The lowest BCUT2D eigenvalue weighted by Crippen LogP contribution is -2.30. The van der Waals surface area contributed by atoms with Gasteiger partial charge in [0, 0.05) is 42.9 Å². The van der Waals surface area contributed by atoms with Crippen molar-refractivity contribution in [2.24, 2.45) is 13.0 Å². The number of aromatic amines is 1. The third kappa shape index (κ3) is 2.86. The third-order valence-electron chi connectivity index (χ3n) is 5.17. The standard InChI is InChI=1S/C18H22N6O2/c1-10-16(11(2)24(3)22-10)17-13(6-7-26-17)9-19-18(25)12-4-5-14-15(8-12)21-23-20-14/h4-5,8,13,17H,6-7,9H2,1-3H3,(H,19,25)(H,20,21,23)/t13-,17+/m0/s1. The minimum atomic E-state index is -0.111. The first-order valence-corrected chi connectivity index (χ1v) is 8.75. The SMILES string of the molecule is Cc1nn(C)c(C)c1[C@@H]1OCC[C@H]1CNC(=O)c1ccc2n[nH]nc2c1. The summed E-state index contributed by atoms with van der Waals surface area (Å²) in [5, 5.41) is 18.1. The van der Waals surface area contributed by atoms with Crippen molar-refractivity contribution in [3.05, 3.63) is 40.7 Å². The van der Waals surface area contributed by atoms with Crippen LogP contribution >= 0.6 is 0 Å². The second kappa shape index (κ2) is 6.53. The summed E-state index contributed by atoms with van der Waals surface area (Å²) in [6, 6.07) is 5.29. The fraction of sp³-hybridized carbons (Fsp3) is 0.444. The van der Waals surface area contributed by atoms with Gasteiger partial charge >= 0.3 is 0 Å². The molecule has 1 amide bonds. The van der Waals surface area contributed by atoms with Gasteiger partial charge in [-0.3, -0.25) is 9.48 Å². The summed E-state index contributed by atoms with van der Waals surface area (Å²) in [6.45, 7) is 5.32. The van der Waals surface area contributed by atoms with Crippen LogP contribution in [-0.2, 0) is 11.8 Å². The van der Waals surface area contributed by atoms with Crippen LogP contribution in [0.25, 0.3) is 11.0 Å². The van der Waals surface area contributed by atoms with E-state index in [0.717, 1.165) is 28.9 Å². The highest BCUT2D eigenvalue weighted by molar-refractivity contribution is 5.97. The fourth-order valence-corrected chi connectivity index (χ4v) is 3.67. The van der Waals surface area contributed by atoms with Crippen LogP contribution in [0.15, 0.2) is 18.2 Å². The van der Waals surface area contributed by atoms with Crippen LogP contribution in [0.2, 0.25) is 0 Å². The van der Waals surface area contributed by atoms with Crippen LogP contribution in [0.4, 0.5) is 0 Å². The Morgan fingerprint density at radius 3 is 2.92 bits per heavy atom. The molecule has 1 aliphatic rings. The Balaban J connectivity index is 1.47. The Morgan fingerprint density at radius 1 is 1.35 bits per heavy atom. The summed E-state index contributed by atoms with van der Waals surface area (Å²) < 4.78 is 7.87. The average molecular weight is 354 g/mol. The minimum Gasteiger partial charge on any atom is -0.373 e. The molecule has 0 unspecified atom stereocenters. The topological polar surface area (TPSA) is 97.7 Å². The molecule has 4 rings (SSSR count). The molecule has 3 heterocycles. The summed E-state index contributed by atoms with van der Waals surface area (Å²) in [5.41, 5.74) is 5.26. The summed E-state index contributed by atoms with van der Waals surface area (Å²) in [5.74, 6) is 0.122. The Kier molecular flexibility index (Phi) is 4.20. The molecule has 0 saturated carbocycles. The number of carbonyl (C=O) groups excluding carboxylic acids is 1. The molecular formula is C18H22N6O2. The largest absolute Gasteiger partial charge is 0.373 e. The molecule has 2 atom stereocenters. The maximum atomic E-state index is 12.5. The van der Waals surface area contributed by atoms with Crippen molar-refractivity contribution in [3.8, 4) is 0 Å². The molecule has 3 aromatic rings. The van der Waals surface area contributed by atoms with Gasteiger partial charge in [0.2, 0.25) is 0 Å². The van der Waals surface area contributed by atoms with Crippen LogP contribution in [0.3, 0.4) is 0 Å². The third-order valence-corrected chi connectivity index (χ3v) is 5.17. The molecular weight excluding hydrogens is 332 g/mol. The highest BCUT2D eigenvalue weighted by atomic mass is 16.5. The molecule has 8 nitrogen and oxygen atoms in total. The second-order valence-electron chi connectivity index (χ2n) is 6.79. The van der Waals surface area contributed by atoms with Gasteiger partial charge in [0.15, 0.2) is 0 Å². The zero-order valence-electron chi connectivity index (χ0n) is 15.1. The molecule has 0 aliphatic carbocycles. The van der Waals surface area contributed by atoms with Gasteiger partial charge in [0.25, 0.3) is 5.91 Å². The highest BCUT2D eigenvalue weighted by Crippen LogP contribution is 2.37. The van der Waals surface area contributed by atoms with Crippen LogP contribution in [0.5, 0.6) is 0 Å². The van der Waals surface area contributed by atoms with Crippen molar-refractivity contribution in [3.63, 3.8) is 0 Å². The van der Waals surface area contributed by atoms with E-state index in [9.17, 15) is 4.79 Å². The number of benzene rings is 1. The molecule has 26 heavy (non-hydrogen) atoms. The number of fused-ring (bicyclic) bond motifs is 1. The van der Waals surface area contributed by atoms with Crippen LogP contribution in [0, 0.1) is 19.8 Å². The van der Waals surface area contributed by atoms with Gasteiger partial charge in [0.05, 0.1) is 11.8 Å². The van der Waals surface area contributed by atoms with Gasteiger partial charge in [-0.15, -0.1) is 0 Å². The number of nitrogens with one attached hydrogen (secondary N) is 2. The fourth-order valence-electron chi connectivity index (χ4n) is 3.67. The number of rotatable bonds is 4. The second-order valence-corrected chi connectivity index (χ2v) is 6.79. The molecule has 0 radical (unpaired) electrons. The van der Waals surface area contributed by atoms with Gasteiger partial charge < -0.3 is 10.1 Å². The van der Waals surface area contributed by atoms with Crippen LogP contribution in [0.1, 0.15) is 39.8 Å². The van der Waals surface area contributed by atoms with Crippen molar-refractivity contribution in [1.82, 2.24) is 30.5 Å². The van der Waals surface area contributed by atoms with E-state index in [0.29, 0.717) is 24.2 Å². The number of hydrogen-bond acceptors (Lipinski definition) is 5. The molecule has 136 valence electrons. The van der Waals surface area contributed by atoms with Gasteiger partial charge in [-0.05, 0) is 38.5 Å². The quantitative estimate of drug-likeness (QED) is 0.745. The number of aromatic nitrogens is 5. The molecule has 8 heteroatoms. The first-order valence-electron chi connectivity index (χ1n) is 8.75. The molecule has 1 aromatic carbocycles. The van der Waals surface area contributed by atoms with Gasteiger partial charge in [-0.1, -0.05) is 0 Å². The normalized spacial score (nSPS) is 20.0. The predicted molar refractivity (Wildman–Crippen MR) is 95.7 cm³/mol. The van der Waals surface area contributed by atoms with Gasteiger partial charge in [-0.25, -0.2) is 0 Å². The lowest BCUT2D eigenvalue weighted by molar-refractivity contribution is 0.0840. The molecule has 2 N–H and O–H groups in total. The Morgan fingerprint density at radius 2 is 2.15 bits per heavy atom. The molecule has 1 aliphatic heterocycles. The predicted octanol–water partition coefficient (Wildman–Crippen LogP) is 1.82. The Hall–Kier alpha value is -2.74. The van der Waals surface area contributed by atoms with Crippen molar-refractivity contribution in [2.45, 2.75) is 26.4 Å². The minimum absolute atomic E-state index is 0.0259. The van der Waals surface area contributed by atoms with Crippen LogP contribution < -0.4 is 5.32 Å². The zero-order valence-corrected chi connectivity index (χ0v) is 15.1. The highest BCUT2D eigenvalue weighted by Gasteiger charge is 2.33. The molecule has 0 spiro atoms. The monoisotopic (exact) mass is 354 g/mol. The summed E-state index contributed by atoms with van der Waals surface area (Å²) in [7, 11) is 1.94. The van der Waals surface area contributed by atoms with E-state index in [1.807, 2.05) is 18.7 Å². The van der Waals surface area contributed by atoms with E-state index >= 15 is 0 Å². The number of carbonyl (C=O) groups is 1. The van der Waals surface area contributed by atoms with E-state index in [1.165, 1.54) is 0 Å². The van der Waals surface area contributed by atoms with E-state index < -0.39 is 0 Å². The number of nitrogens with zero attached hydrogens (tertiary/aromatic N) is 4. The maximum absolute atomic E-state index is 12.5. The van der Waals surface area contributed by atoms with Crippen LogP contribution in [-0.4, -0.2) is 44.3 Å². The maximum Gasteiger partial charge on any atom is 0.251 e. The Labute approximate surface area is 150 Å². The molecule has 1 saturated heterocycles. The number of ether oxygens (including phenoxy) is 1. The lowest BCUT2D eigenvalue weighted by Gasteiger charge is -2.20. The number of H-pyrrole nitrogens is 1. The van der Waals surface area contributed by atoms with Crippen molar-refractivity contribution >= 4 is 16.9 Å².